The van der Waals surface area contributed by atoms with Crippen LogP contribution in [0, 0.1) is 0 Å². The molecule has 4 rings (SSSR count). The van der Waals surface area contributed by atoms with Crippen LogP contribution in [0.4, 0.5) is 0 Å². The van der Waals surface area contributed by atoms with Gasteiger partial charge in [0.2, 0.25) is 0 Å². The van der Waals surface area contributed by atoms with Gasteiger partial charge in [-0.2, -0.15) is 4.98 Å². The first-order valence-electron chi connectivity index (χ1n) is 9.49. The van der Waals surface area contributed by atoms with Gasteiger partial charge in [0.1, 0.15) is 4.83 Å². The molecule has 0 radical (unpaired) electrons. The third-order valence-electron chi connectivity index (χ3n) is 4.95. The largest absolute Gasteiger partial charge is 0.465 e. The monoisotopic (exact) mass is 368 g/mol. The van der Waals surface area contributed by atoms with Crippen LogP contribution in [-0.2, 0) is 19.4 Å². The molecular formula is C21H24N2O2S. The zero-order valence-electron chi connectivity index (χ0n) is 15.2. The summed E-state index contributed by atoms with van der Waals surface area (Å²) < 4.78 is 7.65. The van der Waals surface area contributed by atoms with E-state index in [1.807, 2.05) is 30.3 Å². The maximum Gasteiger partial charge on any atom is 0.300 e. The van der Waals surface area contributed by atoms with E-state index in [2.05, 4.69) is 6.92 Å². The molecule has 26 heavy (non-hydrogen) atoms. The Hall–Kier alpha value is -2.14. The molecule has 0 saturated carbocycles. The summed E-state index contributed by atoms with van der Waals surface area (Å²) in [5.74, 6) is 0. The van der Waals surface area contributed by atoms with E-state index in [0.717, 1.165) is 47.9 Å². The van der Waals surface area contributed by atoms with Gasteiger partial charge in [-0.25, -0.2) is 0 Å². The minimum Gasteiger partial charge on any atom is -0.465 e. The molecule has 0 N–H and O–H groups in total. The van der Waals surface area contributed by atoms with Crippen LogP contribution in [-0.4, -0.2) is 16.2 Å². The summed E-state index contributed by atoms with van der Waals surface area (Å²) in [7, 11) is 0. The number of hydrogen-bond acceptors (Lipinski definition) is 4. The minimum atomic E-state index is 0.0461. The average molecular weight is 369 g/mol. The molecule has 2 aromatic heterocycles. The van der Waals surface area contributed by atoms with Crippen molar-refractivity contribution in [1.82, 2.24) is 9.55 Å². The van der Waals surface area contributed by atoms with Crippen molar-refractivity contribution in [1.29, 1.82) is 0 Å². The maximum absolute atomic E-state index is 13.4. The zero-order valence-corrected chi connectivity index (χ0v) is 16.0. The number of fused-ring (bicyclic) bond motifs is 3. The fourth-order valence-electron chi connectivity index (χ4n) is 3.54. The topological polar surface area (TPSA) is 44.1 Å². The van der Waals surface area contributed by atoms with Gasteiger partial charge in [-0.3, -0.25) is 9.36 Å². The molecule has 0 bridgehead atoms. The van der Waals surface area contributed by atoms with Crippen molar-refractivity contribution in [2.24, 2.45) is 0 Å². The molecule has 5 heteroatoms. The van der Waals surface area contributed by atoms with Gasteiger partial charge in [-0.15, -0.1) is 11.3 Å². The second kappa shape index (κ2) is 7.62. The number of thiophene rings is 1. The van der Waals surface area contributed by atoms with Crippen LogP contribution in [0.2, 0.25) is 0 Å². The van der Waals surface area contributed by atoms with E-state index in [9.17, 15) is 4.79 Å². The first kappa shape index (κ1) is 17.3. The average Bonchev–Trinajstić information content (AvgIpc) is 3.04. The second-order valence-electron chi connectivity index (χ2n) is 6.86. The number of nitrogens with zero attached hydrogens (tertiary/aromatic N) is 2. The smallest absolute Gasteiger partial charge is 0.300 e. The lowest BCUT2D eigenvalue weighted by Gasteiger charge is -2.14. The van der Waals surface area contributed by atoms with Crippen molar-refractivity contribution in [2.45, 2.75) is 52.0 Å². The van der Waals surface area contributed by atoms with Gasteiger partial charge in [0.15, 0.2) is 0 Å². The van der Waals surface area contributed by atoms with Gasteiger partial charge >= 0.3 is 6.01 Å². The molecule has 4 nitrogen and oxygen atoms in total. The summed E-state index contributed by atoms with van der Waals surface area (Å²) in [6.07, 6.45) is 6.44. The molecule has 0 unspecified atom stereocenters. The number of ether oxygens (including phenoxy) is 1. The van der Waals surface area contributed by atoms with Crippen molar-refractivity contribution in [2.75, 3.05) is 6.61 Å². The summed E-state index contributed by atoms with van der Waals surface area (Å²) in [5, 5.41) is 0.823. The highest BCUT2D eigenvalue weighted by molar-refractivity contribution is 7.18. The molecule has 1 aliphatic carbocycles. The van der Waals surface area contributed by atoms with Gasteiger partial charge in [-0.1, -0.05) is 43.7 Å². The van der Waals surface area contributed by atoms with E-state index in [-0.39, 0.29) is 5.56 Å². The zero-order chi connectivity index (χ0) is 17.9. The van der Waals surface area contributed by atoms with Gasteiger partial charge in [-0.05, 0) is 43.2 Å². The Balaban J connectivity index is 1.83. The third-order valence-corrected chi connectivity index (χ3v) is 6.14. The Bertz CT molecular complexity index is 960. The summed E-state index contributed by atoms with van der Waals surface area (Å²) in [6.45, 7) is 3.22. The van der Waals surface area contributed by atoms with Crippen LogP contribution in [0.25, 0.3) is 10.2 Å². The van der Waals surface area contributed by atoms with Crippen LogP contribution in [0.1, 0.15) is 48.6 Å². The van der Waals surface area contributed by atoms with Crippen molar-refractivity contribution >= 4 is 21.6 Å². The van der Waals surface area contributed by atoms with Crippen LogP contribution in [0.5, 0.6) is 6.01 Å². The summed E-state index contributed by atoms with van der Waals surface area (Å²) >= 11 is 1.68. The first-order valence-corrected chi connectivity index (χ1v) is 10.3. The number of aromatic nitrogens is 2. The number of aryl methyl sites for hydroxylation is 2. The highest BCUT2D eigenvalue weighted by Gasteiger charge is 2.22. The molecule has 3 aromatic rings. The SMILES string of the molecule is CCCCOc1nc2sc3c(c2c(=O)n1Cc1ccccc1)CCCC3. The van der Waals surface area contributed by atoms with Crippen molar-refractivity contribution in [3.8, 4) is 6.01 Å². The lowest BCUT2D eigenvalue weighted by Crippen LogP contribution is -2.25. The van der Waals surface area contributed by atoms with Crippen molar-refractivity contribution < 1.29 is 4.74 Å². The fraction of sp³-hybridized carbons (Fsp3) is 0.429. The number of rotatable bonds is 6. The Labute approximate surface area is 157 Å². The van der Waals surface area contributed by atoms with Crippen LogP contribution in [0.3, 0.4) is 0 Å². The molecule has 0 spiro atoms. The van der Waals surface area contributed by atoms with E-state index in [0.29, 0.717) is 19.2 Å². The Morgan fingerprint density at radius 3 is 2.81 bits per heavy atom. The molecule has 136 valence electrons. The van der Waals surface area contributed by atoms with Gasteiger partial charge in [0.05, 0.1) is 18.5 Å². The molecule has 0 saturated heterocycles. The summed E-state index contributed by atoms with van der Waals surface area (Å²) in [5.41, 5.74) is 2.36. The highest BCUT2D eigenvalue weighted by Crippen LogP contribution is 2.34. The Morgan fingerprint density at radius 2 is 2.00 bits per heavy atom. The number of unbranched alkanes of at least 4 members (excludes halogenated alkanes) is 1. The summed E-state index contributed by atoms with van der Waals surface area (Å²) in [6, 6.07) is 10.5. The van der Waals surface area contributed by atoms with Gasteiger partial charge < -0.3 is 4.74 Å². The third kappa shape index (κ3) is 3.28. The van der Waals surface area contributed by atoms with Crippen molar-refractivity contribution in [3.63, 3.8) is 0 Å². The van der Waals surface area contributed by atoms with E-state index >= 15 is 0 Å². The standard InChI is InChI=1S/C21H24N2O2S/c1-2-3-13-25-21-22-19-18(16-11-7-8-12-17(16)26-19)20(24)23(21)14-15-9-5-4-6-10-15/h4-6,9-10H,2-3,7-8,11-14H2,1H3. The maximum atomic E-state index is 13.4. The van der Waals surface area contributed by atoms with Gasteiger partial charge in [0.25, 0.3) is 5.56 Å². The van der Waals surface area contributed by atoms with Crippen LogP contribution < -0.4 is 10.3 Å². The first-order chi connectivity index (χ1) is 12.8. The Morgan fingerprint density at radius 1 is 1.19 bits per heavy atom. The lowest BCUT2D eigenvalue weighted by molar-refractivity contribution is 0.269. The predicted molar refractivity (Wildman–Crippen MR) is 106 cm³/mol. The highest BCUT2D eigenvalue weighted by atomic mass is 32.1. The molecule has 0 amide bonds. The van der Waals surface area contributed by atoms with E-state index in [1.165, 1.54) is 16.9 Å². The molecule has 1 aliphatic rings. The number of hydrogen-bond donors (Lipinski definition) is 0. The van der Waals surface area contributed by atoms with E-state index in [4.69, 9.17) is 9.72 Å². The quantitative estimate of drug-likeness (QED) is 0.599. The predicted octanol–water partition coefficient (Wildman–Crippen LogP) is 4.56. The molecule has 0 fully saturated rings. The van der Waals surface area contributed by atoms with E-state index < -0.39 is 0 Å². The second-order valence-corrected chi connectivity index (χ2v) is 7.95. The normalized spacial score (nSPS) is 13.7. The molecule has 0 atom stereocenters. The van der Waals surface area contributed by atoms with Gasteiger partial charge in [0, 0.05) is 4.88 Å². The molecule has 0 aliphatic heterocycles. The van der Waals surface area contributed by atoms with Crippen LogP contribution >= 0.6 is 11.3 Å². The molecule has 2 heterocycles. The van der Waals surface area contributed by atoms with Crippen molar-refractivity contribution in [3.05, 3.63) is 56.7 Å². The summed E-state index contributed by atoms with van der Waals surface area (Å²) in [4.78, 5) is 20.3. The molecular weight excluding hydrogens is 344 g/mol. The number of benzene rings is 1. The molecule has 1 aromatic carbocycles. The minimum absolute atomic E-state index is 0.0461. The Kier molecular flexibility index (Phi) is 5.07. The fourth-order valence-corrected chi connectivity index (χ4v) is 4.79. The lowest BCUT2D eigenvalue weighted by atomic mass is 9.97. The van der Waals surface area contributed by atoms with Crippen LogP contribution in [0.15, 0.2) is 35.1 Å². The van der Waals surface area contributed by atoms with E-state index in [1.54, 1.807) is 15.9 Å².